The number of carboxylic acid groups (broad SMARTS) is 1. The van der Waals surface area contributed by atoms with Crippen molar-refractivity contribution in [3.8, 4) is 0 Å². The number of aromatic carboxylic acids is 1. The van der Waals surface area contributed by atoms with Gasteiger partial charge in [-0.25, -0.2) is 4.79 Å². The molecular formula is C14H20N2O3. The van der Waals surface area contributed by atoms with E-state index in [1.807, 2.05) is 11.8 Å². The summed E-state index contributed by atoms with van der Waals surface area (Å²) < 4.78 is 0. The lowest BCUT2D eigenvalue weighted by atomic mass is 10.0. The average molecular weight is 264 g/mol. The average Bonchev–Trinajstić information content (AvgIpc) is 2.65. The van der Waals surface area contributed by atoms with E-state index in [0.29, 0.717) is 16.8 Å². The van der Waals surface area contributed by atoms with Gasteiger partial charge in [0.2, 0.25) is 0 Å². The zero-order valence-corrected chi connectivity index (χ0v) is 11.6. The van der Waals surface area contributed by atoms with Crippen LogP contribution in [0.3, 0.4) is 0 Å². The molecule has 104 valence electrons. The highest BCUT2D eigenvalue weighted by Crippen LogP contribution is 2.24. The summed E-state index contributed by atoms with van der Waals surface area (Å²) in [6, 6.07) is 0.225. The smallest absolute Gasteiger partial charge is 0.352 e. The second-order valence-electron chi connectivity index (χ2n) is 5.27. The van der Waals surface area contributed by atoms with E-state index in [-0.39, 0.29) is 17.6 Å². The Morgan fingerprint density at radius 2 is 2.00 bits per heavy atom. The van der Waals surface area contributed by atoms with Gasteiger partial charge < -0.3 is 15.0 Å². The molecule has 2 heterocycles. The third-order valence-corrected chi connectivity index (χ3v) is 3.93. The number of amides is 1. The monoisotopic (exact) mass is 264 g/mol. The fraction of sp³-hybridized carbons (Fsp3) is 0.571. The third-order valence-electron chi connectivity index (χ3n) is 3.93. The van der Waals surface area contributed by atoms with Crippen LogP contribution in [-0.2, 0) is 0 Å². The van der Waals surface area contributed by atoms with Crippen LogP contribution in [0.25, 0.3) is 0 Å². The van der Waals surface area contributed by atoms with Gasteiger partial charge in [-0.2, -0.15) is 0 Å². The molecule has 0 aromatic carbocycles. The van der Waals surface area contributed by atoms with Crippen LogP contribution in [0.4, 0.5) is 0 Å². The van der Waals surface area contributed by atoms with Gasteiger partial charge in [0.1, 0.15) is 5.69 Å². The number of hydrogen-bond donors (Lipinski definition) is 2. The first-order valence-electron chi connectivity index (χ1n) is 6.67. The van der Waals surface area contributed by atoms with Crippen LogP contribution < -0.4 is 0 Å². The number of aryl methyl sites for hydroxylation is 1. The minimum Gasteiger partial charge on any atom is -0.477 e. The van der Waals surface area contributed by atoms with Crippen molar-refractivity contribution in [2.75, 3.05) is 6.54 Å². The molecule has 0 spiro atoms. The predicted molar refractivity (Wildman–Crippen MR) is 71.6 cm³/mol. The maximum absolute atomic E-state index is 12.6. The largest absolute Gasteiger partial charge is 0.477 e. The van der Waals surface area contributed by atoms with Crippen LogP contribution in [0.15, 0.2) is 0 Å². The molecule has 1 aliphatic heterocycles. The van der Waals surface area contributed by atoms with Crippen LogP contribution >= 0.6 is 0 Å². The van der Waals surface area contributed by atoms with E-state index < -0.39 is 5.97 Å². The number of likely N-dealkylation sites (tertiary alicyclic amines) is 1. The quantitative estimate of drug-likeness (QED) is 0.861. The maximum Gasteiger partial charge on any atom is 0.352 e. The van der Waals surface area contributed by atoms with E-state index in [4.69, 9.17) is 5.11 Å². The number of nitrogens with one attached hydrogen (secondary N) is 1. The summed E-state index contributed by atoms with van der Waals surface area (Å²) in [6.07, 6.45) is 3.18. The molecule has 19 heavy (non-hydrogen) atoms. The van der Waals surface area contributed by atoms with Crippen LogP contribution in [0.1, 0.15) is 58.3 Å². The number of carboxylic acids is 1. The summed E-state index contributed by atoms with van der Waals surface area (Å²) in [5.41, 5.74) is 1.81. The van der Waals surface area contributed by atoms with Gasteiger partial charge in [0.25, 0.3) is 5.91 Å². The fourth-order valence-electron chi connectivity index (χ4n) is 2.83. The van der Waals surface area contributed by atoms with Gasteiger partial charge in [-0.05, 0) is 45.6 Å². The molecule has 1 amide bonds. The van der Waals surface area contributed by atoms with E-state index in [1.54, 1.807) is 13.8 Å². The van der Waals surface area contributed by atoms with E-state index in [2.05, 4.69) is 4.98 Å². The summed E-state index contributed by atoms with van der Waals surface area (Å²) in [6.45, 7) is 6.25. The number of rotatable bonds is 2. The molecule has 0 bridgehead atoms. The van der Waals surface area contributed by atoms with Crippen molar-refractivity contribution in [2.45, 2.75) is 46.1 Å². The molecule has 1 atom stereocenters. The van der Waals surface area contributed by atoms with E-state index in [9.17, 15) is 9.59 Å². The Morgan fingerprint density at radius 3 is 2.53 bits per heavy atom. The van der Waals surface area contributed by atoms with Crippen molar-refractivity contribution in [3.05, 3.63) is 22.5 Å². The molecule has 2 N–H and O–H groups in total. The SMILES string of the molecule is Cc1[nH]c(C(=O)O)c(C)c1C(=O)N1CCCCC1C. The van der Waals surface area contributed by atoms with Crippen LogP contribution in [0, 0.1) is 13.8 Å². The Morgan fingerprint density at radius 1 is 1.32 bits per heavy atom. The topological polar surface area (TPSA) is 73.4 Å². The van der Waals surface area contributed by atoms with E-state index in [1.165, 1.54) is 0 Å². The first-order valence-corrected chi connectivity index (χ1v) is 6.67. The fourth-order valence-corrected chi connectivity index (χ4v) is 2.83. The molecule has 1 saturated heterocycles. The second-order valence-corrected chi connectivity index (χ2v) is 5.27. The number of piperidine rings is 1. The van der Waals surface area contributed by atoms with Gasteiger partial charge in [0.05, 0.1) is 5.56 Å². The molecule has 0 radical (unpaired) electrons. The van der Waals surface area contributed by atoms with Crippen molar-refractivity contribution in [3.63, 3.8) is 0 Å². The molecule has 5 nitrogen and oxygen atoms in total. The lowest BCUT2D eigenvalue weighted by Crippen LogP contribution is -2.42. The summed E-state index contributed by atoms with van der Waals surface area (Å²) in [7, 11) is 0. The molecule has 0 saturated carbocycles. The van der Waals surface area contributed by atoms with Gasteiger partial charge in [0, 0.05) is 18.3 Å². The van der Waals surface area contributed by atoms with Gasteiger partial charge in [-0.1, -0.05) is 0 Å². The van der Waals surface area contributed by atoms with Crippen molar-refractivity contribution >= 4 is 11.9 Å². The van der Waals surface area contributed by atoms with E-state index in [0.717, 1.165) is 25.8 Å². The van der Waals surface area contributed by atoms with E-state index >= 15 is 0 Å². The molecule has 1 fully saturated rings. The van der Waals surface area contributed by atoms with Crippen LogP contribution in [0.2, 0.25) is 0 Å². The van der Waals surface area contributed by atoms with Crippen molar-refractivity contribution in [1.82, 2.24) is 9.88 Å². The van der Waals surface area contributed by atoms with Gasteiger partial charge >= 0.3 is 5.97 Å². The van der Waals surface area contributed by atoms with Gasteiger partial charge in [-0.15, -0.1) is 0 Å². The minimum atomic E-state index is -1.02. The number of aromatic amines is 1. The van der Waals surface area contributed by atoms with Crippen molar-refractivity contribution < 1.29 is 14.7 Å². The standard InChI is InChI=1S/C14H20N2O3/c1-8-6-4-5-7-16(8)13(17)11-9(2)12(14(18)19)15-10(11)3/h8,15H,4-7H2,1-3H3,(H,18,19). The summed E-state index contributed by atoms with van der Waals surface area (Å²) in [5.74, 6) is -1.07. The number of aromatic nitrogens is 1. The Hall–Kier alpha value is -1.78. The first kappa shape index (κ1) is 13.6. The Bertz CT molecular complexity index is 519. The normalized spacial score (nSPS) is 19.5. The second kappa shape index (κ2) is 5.07. The Kier molecular flexibility index (Phi) is 3.64. The predicted octanol–water partition coefficient (Wildman–Crippen LogP) is 2.34. The van der Waals surface area contributed by atoms with Crippen molar-refractivity contribution in [2.24, 2.45) is 0 Å². The molecule has 0 aliphatic carbocycles. The highest BCUT2D eigenvalue weighted by atomic mass is 16.4. The van der Waals surface area contributed by atoms with Crippen molar-refractivity contribution in [1.29, 1.82) is 0 Å². The summed E-state index contributed by atoms with van der Waals surface area (Å²) in [5, 5.41) is 9.09. The number of nitrogens with zero attached hydrogens (tertiary/aromatic N) is 1. The zero-order valence-electron chi connectivity index (χ0n) is 11.6. The number of H-pyrrole nitrogens is 1. The van der Waals surface area contributed by atoms with Crippen LogP contribution in [-0.4, -0.2) is 39.5 Å². The molecule has 1 aliphatic rings. The zero-order chi connectivity index (χ0) is 14.2. The number of hydrogen-bond acceptors (Lipinski definition) is 2. The van der Waals surface area contributed by atoms with Crippen LogP contribution in [0.5, 0.6) is 0 Å². The van der Waals surface area contributed by atoms with Gasteiger partial charge in [0.15, 0.2) is 0 Å². The summed E-state index contributed by atoms with van der Waals surface area (Å²) >= 11 is 0. The third kappa shape index (κ3) is 2.37. The lowest BCUT2D eigenvalue weighted by Gasteiger charge is -2.33. The minimum absolute atomic E-state index is 0.0500. The molecular weight excluding hydrogens is 244 g/mol. The Balaban J connectivity index is 2.36. The maximum atomic E-state index is 12.6. The van der Waals surface area contributed by atoms with Gasteiger partial charge in [-0.3, -0.25) is 4.79 Å². The molecule has 1 aromatic heterocycles. The molecule has 2 rings (SSSR count). The Labute approximate surface area is 112 Å². The highest BCUT2D eigenvalue weighted by Gasteiger charge is 2.29. The lowest BCUT2D eigenvalue weighted by molar-refractivity contribution is 0.0634. The highest BCUT2D eigenvalue weighted by molar-refractivity contribution is 6.01. The molecule has 1 aromatic rings. The number of carbonyl (C=O) groups excluding carboxylic acids is 1. The number of carbonyl (C=O) groups is 2. The summed E-state index contributed by atoms with van der Waals surface area (Å²) in [4.78, 5) is 28.4. The first-order chi connectivity index (χ1) is 8.93. The molecule has 1 unspecified atom stereocenters. The molecule has 5 heteroatoms.